The monoisotopic (exact) mass is 269 g/mol. The number of nitrogens with zero attached hydrogens (tertiary/aromatic N) is 4. The van der Waals surface area contributed by atoms with Crippen LogP contribution in [0.4, 0.5) is 5.95 Å². The summed E-state index contributed by atoms with van der Waals surface area (Å²) < 4.78 is 0. The normalized spacial score (nSPS) is 18.1. The summed E-state index contributed by atoms with van der Waals surface area (Å²) in [7, 11) is 2.05. The highest BCUT2D eigenvalue weighted by Gasteiger charge is 2.17. The van der Waals surface area contributed by atoms with Gasteiger partial charge in [-0.15, -0.1) is 0 Å². The average molecular weight is 269 g/mol. The van der Waals surface area contributed by atoms with E-state index in [2.05, 4.69) is 25.2 Å². The Kier molecular flexibility index (Phi) is 3.87. The number of pyridine rings is 1. The lowest BCUT2D eigenvalue weighted by Crippen LogP contribution is -2.28. The zero-order valence-electron chi connectivity index (χ0n) is 11.7. The highest BCUT2D eigenvalue weighted by molar-refractivity contribution is 5.57. The molecular formula is C15H19N5. The van der Waals surface area contributed by atoms with Crippen molar-refractivity contribution in [2.75, 3.05) is 31.6 Å². The van der Waals surface area contributed by atoms with Crippen LogP contribution in [0, 0.1) is 5.92 Å². The molecule has 2 aromatic heterocycles. The van der Waals surface area contributed by atoms with Crippen LogP contribution < -0.4 is 10.2 Å². The molecule has 1 fully saturated rings. The van der Waals surface area contributed by atoms with Gasteiger partial charge in [-0.3, -0.25) is 4.98 Å². The lowest BCUT2D eigenvalue weighted by Gasteiger charge is -2.20. The van der Waals surface area contributed by atoms with Gasteiger partial charge in [0.05, 0.1) is 5.69 Å². The Morgan fingerprint density at radius 1 is 1.25 bits per heavy atom. The van der Waals surface area contributed by atoms with E-state index in [4.69, 9.17) is 0 Å². The van der Waals surface area contributed by atoms with E-state index in [0.29, 0.717) is 5.92 Å². The lowest BCUT2D eigenvalue weighted by molar-refractivity contribution is 0.573. The number of hydrogen-bond acceptors (Lipinski definition) is 5. The lowest BCUT2D eigenvalue weighted by atomic mass is 10.1. The van der Waals surface area contributed by atoms with Crippen LogP contribution in [0.15, 0.2) is 36.8 Å². The van der Waals surface area contributed by atoms with Crippen molar-refractivity contribution < 1.29 is 0 Å². The van der Waals surface area contributed by atoms with Crippen molar-refractivity contribution >= 4 is 5.95 Å². The van der Waals surface area contributed by atoms with E-state index in [1.807, 2.05) is 37.6 Å². The Morgan fingerprint density at radius 2 is 2.10 bits per heavy atom. The molecule has 1 atom stereocenters. The molecule has 1 aliphatic rings. The molecule has 5 heteroatoms. The van der Waals surface area contributed by atoms with Crippen LogP contribution >= 0.6 is 0 Å². The first-order valence-corrected chi connectivity index (χ1v) is 6.98. The van der Waals surface area contributed by atoms with Gasteiger partial charge < -0.3 is 10.2 Å². The molecule has 1 N–H and O–H groups in total. The van der Waals surface area contributed by atoms with Gasteiger partial charge in [-0.05, 0) is 37.6 Å². The SMILES string of the molecule is CN(CC1CCNC1)c1ncc(-c2ccccn2)cn1. The molecule has 0 spiro atoms. The van der Waals surface area contributed by atoms with E-state index in [1.165, 1.54) is 6.42 Å². The van der Waals surface area contributed by atoms with Crippen LogP contribution in [0.5, 0.6) is 0 Å². The van der Waals surface area contributed by atoms with Crippen molar-refractivity contribution in [2.45, 2.75) is 6.42 Å². The van der Waals surface area contributed by atoms with E-state index < -0.39 is 0 Å². The van der Waals surface area contributed by atoms with Gasteiger partial charge in [-0.1, -0.05) is 6.07 Å². The summed E-state index contributed by atoms with van der Waals surface area (Å²) in [6.07, 6.45) is 6.70. The molecule has 0 amide bonds. The van der Waals surface area contributed by atoms with E-state index in [0.717, 1.165) is 36.8 Å². The Hall–Kier alpha value is -2.01. The molecule has 0 aliphatic carbocycles. The van der Waals surface area contributed by atoms with Crippen molar-refractivity contribution in [2.24, 2.45) is 5.92 Å². The molecule has 2 aromatic rings. The fourth-order valence-electron chi connectivity index (χ4n) is 2.52. The van der Waals surface area contributed by atoms with Crippen LogP contribution in [0.3, 0.4) is 0 Å². The van der Waals surface area contributed by atoms with Gasteiger partial charge in [-0.2, -0.15) is 0 Å². The fourth-order valence-corrected chi connectivity index (χ4v) is 2.52. The van der Waals surface area contributed by atoms with E-state index >= 15 is 0 Å². The summed E-state index contributed by atoms with van der Waals surface area (Å²) in [5, 5.41) is 3.38. The van der Waals surface area contributed by atoms with Crippen LogP contribution in [-0.4, -0.2) is 41.6 Å². The van der Waals surface area contributed by atoms with Crippen LogP contribution in [0.25, 0.3) is 11.3 Å². The van der Waals surface area contributed by atoms with E-state index in [9.17, 15) is 0 Å². The molecule has 20 heavy (non-hydrogen) atoms. The Bertz CT molecular complexity index is 534. The molecular weight excluding hydrogens is 250 g/mol. The average Bonchev–Trinajstić information content (AvgIpc) is 3.01. The van der Waals surface area contributed by atoms with Crippen LogP contribution in [0.2, 0.25) is 0 Å². The van der Waals surface area contributed by atoms with Crippen molar-refractivity contribution in [3.05, 3.63) is 36.8 Å². The Morgan fingerprint density at radius 3 is 2.75 bits per heavy atom. The molecule has 1 unspecified atom stereocenters. The van der Waals surface area contributed by atoms with Crippen molar-refractivity contribution in [3.8, 4) is 11.3 Å². The van der Waals surface area contributed by atoms with Gasteiger partial charge in [0, 0.05) is 37.7 Å². The summed E-state index contributed by atoms with van der Waals surface area (Å²) in [6, 6.07) is 5.84. The van der Waals surface area contributed by atoms with Gasteiger partial charge in [0.2, 0.25) is 5.95 Å². The quantitative estimate of drug-likeness (QED) is 0.913. The summed E-state index contributed by atoms with van der Waals surface area (Å²) >= 11 is 0. The standard InChI is InChI=1S/C15H19N5/c1-20(11-12-5-7-16-8-12)15-18-9-13(10-19-15)14-4-2-3-6-17-14/h2-4,6,9-10,12,16H,5,7-8,11H2,1H3. The highest BCUT2D eigenvalue weighted by atomic mass is 15.2. The first-order chi connectivity index (χ1) is 9.83. The number of rotatable bonds is 4. The molecule has 1 saturated heterocycles. The van der Waals surface area contributed by atoms with Crippen molar-refractivity contribution in [3.63, 3.8) is 0 Å². The minimum Gasteiger partial charge on any atom is -0.344 e. The van der Waals surface area contributed by atoms with Gasteiger partial charge in [0.15, 0.2) is 0 Å². The molecule has 0 radical (unpaired) electrons. The van der Waals surface area contributed by atoms with Gasteiger partial charge in [-0.25, -0.2) is 9.97 Å². The third-order valence-corrected chi connectivity index (χ3v) is 3.63. The molecule has 0 saturated carbocycles. The Balaban J connectivity index is 1.69. The maximum absolute atomic E-state index is 4.45. The van der Waals surface area contributed by atoms with E-state index in [1.54, 1.807) is 6.20 Å². The molecule has 0 aromatic carbocycles. The van der Waals surface area contributed by atoms with Gasteiger partial charge >= 0.3 is 0 Å². The number of hydrogen-bond donors (Lipinski definition) is 1. The number of anilines is 1. The van der Waals surface area contributed by atoms with Crippen molar-refractivity contribution in [1.82, 2.24) is 20.3 Å². The van der Waals surface area contributed by atoms with Gasteiger partial charge in [0.1, 0.15) is 0 Å². The highest BCUT2D eigenvalue weighted by Crippen LogP contribution is 2.17. The smallest absolute Gasteiger partial charge is 0.225 e. The molecule has 104 valence electrons. The van der Waals surface area contributed by atoms with Crippen molar-refractivity contribution in [1.29, 1.82) is 0 Å². The number of aromatic nitrogens is 3. The summed E-state index contributed by atoms with van der Waals surface area (Å²) in [6.45, 7) is 3.21. The number of nitrogens with one attached hydrogen (secondary N) is 1. The predicted molar refractivity (Wildman–Crippen MR) is 79.5 cm³/mol. The Labute approximate surface area is 119 Å². The zero-order valence-corrected chi connectivity index (χ0v) is 11.7. The summed E-state index contributed by atoms with van der Waals surface area (Å²) in [4.78, 5) is 15.3. The minimum absolute atomic E-state index is 0.694. The molecule has 0 bridgehead atoms. The van der Waals surface area contributed by atoms with Gasteiger partial charge in [0.25, 0.3) is 0 Å². The first-order valence-electron chi connectivity index (χ1n) is 6.98. The second-order valence-corrected chi connectivity index (χ2v) is 5.23. The van der Waals surface area contributed by atoms with Crippen LogP contribution in [0.1, 0.15) is 6.42 Å². The largest absolute Gasteiger partial charge is 0.344 e. The molecule has 5 nitrogen and oxygen atoms in total. The summed E-state index contributed by atoms with van der Waals surface area (Å²) in [5.74, 6) is 1.47. The predicted octanol–water partition coefficient (Wildman–Crippen LogP) is 1.58. The third-order valence-electron chi connectivity index (χ3n) is 3.63. The zero-order chi connectivity index (χ0) is 13.8. The van der Waals surface area contributed by atoms with E-state index in [-0.39, 0.29) is 0 Å². The maximum Gasteiger partial charge on any atom is 0.225 e. The minimum atomic E-state index is 0.694. The topological polar surface area (TPSA) is 53.9 Å². The first kappa shape index (κ1) is 13.0. The fraction of sp³-hybridized carbons (Fsp3) is 0.400. The third kappa shape index (κ3) is 2.93. The van der Waals surface area contributed by atoms with Crippen LogP contribution in [-0.2, 0) is 0 Å². The molecule has 3 heterocycles. The second kappa shape index (κ2) is 5.96. The maximum atomic E-state index is 4.45. The molecule has 1 aliphatic heterocycles. The summed E-state index contributed by atoms with van der Waals surface area (Å²) in [5.41, 5.74) is 1.85. The molecule has 3 rings (SSSR count). The second-order valence-electron chi connectivity index (χ2n) is 5.23.